The number of aliphatic imine (C=N–C) groups is 1. The van der Waals surface area contributed by atoms with E-state index in [1.165, 1.54) is 31.6 Å². The lowest BCUT2D eigenvalue weighted by atomic mass is 9.99. The van der Waals surface area contributed by atoms with Gasteiger partial charge in [-0.25, -0.2) is 0 Å². The SMILES string of the molecule is CN=C(NCCN1CCC(C)CC1)NC1CCN(c2ccccc2)C1. The number of benzene rings is 1. The highest BCUT2D eigenvalue weighted by Crippen LogP contribution is 2.19. The molecule has 2 aliphatic rings. The topological polar surface area (TPSA) is 42.9 Å². The smallest absolute Gasteiger partial charge is 0.191 e. The van der Waals surface area contributed by atoms with Gasteiger partial charge >= 0.3 is 0 Å². The van der Waals surface area contributed by atoms with E-state index in [1.54, 1.807) is 0 Å². The fraction of sp³-hybridized carbons (Fsp3) is 0.650. The molecule has 1 aromatic carbocycles. The van der Waals surface area contributed by atoms with Gasteiger partial charge in [-0.1, -0.05) is 25.1 Å². The molecule has 3 rings (SSSR count). The van der Waals surface area contributed by atoms with E-state index in [4.69, 9.17) is 0 Å². The van der Waals surface area contributed by atoms with Gasteiger partial charge < -0.3 is 20.4 Å². The van der Waals surface area contributed by atoms with Crippen molar-refractivity contribution in [2.45, 2.75) is 32.2 Å². The van der Waals surface area contributed by atoms with Crippen molar-refractivity contribution in [2.24, 2.45) is 10.9 Å². The number of rotatable bonds is 5. The van der Waals surface area contributed by atoms with Gasteiger partial charge in [0.15, 0.2) is 5.96 Å². The van der Waals surface area contributed by atoms with Crippen LogP contribution in [0.15, 0.2) is 35.3 Å². The molecule has 1 unspecified atom stereocenters. The second-order valence-corrected chi connectivity index (χ2v) is 7.43. The number of piperidine rings is 1. The van der Waals surface area contributed by atoms with E-state index in [-0.39, 0.29) is 0 Å². The number of nitrogens with one attached hydrogen (secondary N) is 2. The van der Waals surface area contributed by atoms with Crippen molar-refractivity contribution in [2.75, 3.05) is 51.2 Å². The maximum Gasteiger partial charge on any atom is 0.191 e. The second kappa shape index (κ2) is 9.09. The monoisotopic (exact) mass is 343 g/mol. The Kier molecular flexibility index (Phi) is 6.56. The number of hydrogen-bond donors (Lipinski definition) is 2. The second-order valence-electron chi connectivity index (χ2n) is 7.43. The predicted octanol–water partition coefficient (Wildman–Crippen LogP) is 2.16. The third kappa shape index (κ3) is 5.36. The standard InChI is InChI=1S/C20H33N5/c1-17-8-12-24(13-9-17)15-11-22-20(21-2)23-18-10-14-25(16-18)19-6-4-3-5-7-19/h3-7,17-18H,8-16H2,1-2H3,(H2,21,22,23). The fourth-order valence-corrected chi connectivity index (χ4v) is 3.76. The highest BCUT2D eigenvalue weighted by molar-refractivity contribution is 5.80. The maximum atomic E-state index is 4.40. The minimum Gasteiger partial charge on any atom is -0.369 e. The van der Waals surface area contributed by atoms with Gasteiger partial charge in [0, 0.05) is 45.0 Å². The Morgan fingerprint density at radius 1 is 1.12 bits per heavy atom. The van der Waals surface area contributed by atoms with Gasteiger partial charge in [0.1, 0.15) is 0 Å². The van der Waals surface area contributed by atoms with E-state index in [2.05, 4.69) is 62.7 Å². The van der Waals surface area contributed by atoms with Gasteiger partial charge in [-0.2, -0.15) is 0 Å². The molecule has 2 saturated heterocycles. The third-order valence-corrected chi connectivity index (χ3v) is 5.47. The van der Waals surface area contributed by atoms with Crippen LogP contribution >= 0.6 is 0 Å². The lowest BCUT2D eigenvalue weighted by Crippen LogP contribution is -2.47. The number of likely N-dealkylation sites (tertiary alicyclic amines) is 1. The molecule has 2 N–H and O–H groups in total. The summed E-state index contributed by atoms with van der Waals surface area (Å²) in [6, 6.07) is 11.1. The largest absolute Gasteiger partial charge is 0.369 e. The summed E-state index contributed by atoms with van der Waals surface area (Å²) in [5.41, 5.74) is 1.31. The van der Waals surface area contributed by atoms with Crippen molar-refractivity contribution in [1.29, 1.82) is 0 Å². The Morgan fingerprint density at radius 2 is 1.88 bits per heavy atom. The van der Waals surface area contributed by atoms with Crippen LogP contribution in [0.25, 0.3) is 0 Å². The molecule has 5 nitrogen and oxygen atoms in total. The molecule has 0 radical (unpaired) electrons. The van der Waals surface area contributed by atoms with Crippen molar-refractivity contribution in [1.82, 2.24) is 15.5 Å². The molecule has 2 aliphatic heterocycles. The summed E-state index contributed by atoms with van der Waals surface area (Å²) in [6.07, 6.45) is 3.83. The molecule has 2 heterocycles. The lowest BCUT2D eigenvalue weighted by molar-refractivity contribution is 0.195. The Balaban J connectivity index is 1.38. The van der Waals surface area contributed by atoms with Gasteiger partial charge in [-0.3, -0.25) is 4.99 Å². The molecule has 25 heavy (non-hydrogen) atoms. The average Bonchev–Trinajstić information content (AvgIpc) is 3.12. The summed E-state index contributed by atoms with van der Waals surface area (Å²) in [6.45, 7) is 9.05. The van der Waals surface area contributed by atoms with Crippen LogP contribution < -0.4 is 15.5 Å². The van der Waals surface area contributed by atoms with E-state index < -0.39 is 0 Å². The quantitative estimate of drug-likeness (QED) is 0.635. The Bertz CT molecular complexity index is 536. The van der Waals surface area contributed by atoms with Crippen LogP contribution in [-0.2, 0) is 0 Å². The van der Waals surface area contributed by atoms with E-state index in [9.17, 15) is 0 Å². The zero-order chi connectivity index (χ0) is 17.5. The zero-order valence-electron chi connectivity index (χ0n) is 15.7. The highest BCUT2D eigenvalue weighted by Gasteiger charge is 2.23. The van der Waals surface area contributed by atoms with Crippen molar-refractivity contribution in [3.8, 4) is 0 Å². The van der Waals surface area contributed by atoms with Crippen LogP contribution in [0.5, 0.6) is 0 Å². The van der Waals surface area contributed by atoms with Gasteiger partial charge in [0.05, 0.1) is 0 Å². The van der Waals surface area contributed by atoms with Crippen molar-refractivity contribution in [3.63, 3.8) is 0 Å². The lowest BCUT2D eigenvalue weighted by Gasteiger charge is -2.30. The fourth-order valence-electron chi connectivity index (χ4n) is 3.76. The molecule has 1 aromatic rings. The minimum absolute atomic E-state index is 0.460. The molecule has 0 bridgehead atoms. The number of nitrogens with zero attached hydrogens (tertiary/aromatic N) is 3. The van der Waals surface area contributed by atoms with Gasteiger partial charge in [-0.15, -0.1) is 0 Å². The average molecular weight is 344 g/mol. The molecule has 0 aliphatic carbocycles. The van der Waals surface area contributed by atoms with Crippen LogP contribution in [-0.4, -0.2) is 63.2 Å². The summed E-state index contributed by atoms with van der Waals surface area (Å²) in [7, 11) is 1.86. The van der Waals surface area contributed by atoms with Crippen LogP contribution in [0.4, 0.5) is 5.69 Å². The van der Waals surface area contributed by atoms with E-state index in [1.807, 2.05) is 7.05 Å². The molecule has 0 saturated carbocycles. The molecular weight excluding hydrogens is 310 g/mol. The predicted molar refractivity (Wildman–Crippen MR) is 106 cm³/mol. The number of anilines is 1. The highest BCUT2D eigenvalue weighted by atomic mass is 15.3. The van der Waals surface area contributed by atoms with Crippen LogP contribution in [0.3, 0.4) is 0 Å². The summed E-state index contributed by atoms with van der Waals surface area (Å²) in [5, 5.41) is 7.08. The Labute approximate surface area is 152 Å². The van der Waals surface area contributed by atoms with Crippen LogP contribution in [0, 0.1) is 5.92 Å². The first kappa shape index (κ1) is 18.1. The Morgan fingerprint density at radius 3 is 2.60 bits per heavy atom. The summed E-state index contributed by atoms with van der Waals surface area (Å²) >= 11 is 0. The van der Waals surface area contributed by atoms with Crippen molar-refractivity contribution < 1.29 is 0 Å². The molecule has 0 aromatic heterocycles. The molecule has 2 fully saturated rings. The first-order chi connectivity index (χ1) is 12.2. The maximum absolute atomic E-state index is 4.40. The summed E-state index contributed by atoms with van der Waals surface area (Å²) in [4.78, 5) is 9.41. The molecule has 0 amide bonds. The molecular formula is C20H33N5. The van der Waals surface area contributed by atoms with Crippen molar-refractivity contribution in [3.05, 3.63) is 30.3 Å². The number of hydrogen-bond acceptors (Lipinski definition) is 3. The summed E-state index contributed by atoms with van der Waals surface area (Å²) in [5.74, 6) is 1.83. The molecule has 5 heteroatoms. The first-order valence-electron chi connectivity index (χ1n) is 9.74. The first-order valence-corrected chi connectivity index (χ1v) is 9.74. The molecule has 0 spiro atoms. The van der Waals surface area contributed by atoms with Gasteiger partial charge in [-0.05, 0) is 50.4 Å². The summed E-state index contributed by atoms with van der Waals surface area (Å²) < 4.78 is 0. The van der Waals surface area contributed by atoms with Crippen molar-refractivity contribution >= 4 is 11.6 Å². The van der Waals surface area contributed by atoms with Gasteiger partial charge in [0.25, 0.3) is 0 Å². The molecule has 138 valence electrons. The minimum atomic E-state index is 0.460. The van der Waals surface area contributed by atoms with E-state index in [0.717, 1.165) is 44.5 Å². The molecule has 1 atom stereocenters. The number of guanidine groups is 1. The van der Waals surface area contributed by atoms with Crippen LogP contribution in [0.2, 0.25) is 0 Å². The third-order valence-electron chi connectivity index (χ3n) is 5.47. The Hall–Kier alpha value is -1.75. The zero-order valence-corrected chi connectivity index (χ0v) is 15.7. The van der Waals surface area contributed by atoms with E-state index in [0.29, 0.717) is 6.04 Å². The van der Waals surface area contributed by atoms with Crippen LogP contribution in [0.1, 0.15) is 26.2 Å². The van der Waals surface area contributed by atoms with Gasteiger partial charge in [0.2, 0.25) is 0 Å². The number of para-hydroxylation sites is 1. The van der Waals surface area contributed by atoms with E-state index >= 15 is 0 Å². The normalized spacial score (nSPS) is 23.0.